The van der Waals surface area contributed by atoms with Crippen LogP contribution < -0.4 is 10.1 Å². The Bertz CT molecular complexity index is 558. The van der Waals surface area contributed by atoms with E-state index in [1.165, 1.54) is 18.1 Å². The number of ether oxygens (including phenoxy) is 1. The molecule has 0 bridgehead atoms. The summed E-state index contributed by atoms with van der Waals surface area (Å²) in [4.78, 5) is 1.25. The topological polar surface area (TPSA) is 21.3 Å². The molecule has 0 saturated heterocycles. The van der Waals surface area contributed by atoms with E-state index < -0.39 is 0 Å². The molecule has 1 atom stereocenters. The molecule has 1 aromatic carbocycles. The fourth-order valence-electron chi connectivity index (χ4n) is 1.95. The Morgan fingerprint density at radius 3 is 2.68 bits per heavy atom. The number of likely N-dealkylation sites (N-methyl/N-ethyl adjacent to an activating group) is 1. The third-order valence-electron chi connectivity index (χ3n) is 2.96. The van der Waals surface area contributed by atoms with Gasteiger partial charge in [-0.05, 0) is 52.8 Å². The lowest BCUT2D eigenvalue weighted by atomic mass is 10.0. The number of methoxy groups -OCH3 is 1. The Labute approximate surface area is 124 Å². The van der Waals surface area contributed by atoms with Crippen molar-refractivity contribution in [3.05, 3.63) is 50.4 Å². The van der Waals surface area contributed by atoms with Gasteiger partial charge >= 0.3 is 0 Å². The molecule has 0 saturated carbocycles. The number of halogens is 2. The highest BCUT2D eigenvalue weighted by molar-refractivity contribution is 9.11. The predicted molar refractivity (Wildman–Crippen MR) is 80.5 cm³/mol. The van der Waals surface area contributed by atoms with Crippen molar-refractivity contribution in [1.82, 2.24) is 5.32 Å². The first-order chi connectivity index (χ1) is 9.13. The molecule has 0 amide bonds. The largest absolute Gasteiger partial charge is 0.494 e. The molecule has 5 heteroatoms. The van der Waals surface area contributed by atoms with Gasteiger partial charge in [-0.3, -0.25) is 0 Å². The summed E-state index contributed by atoms with van der Waals surface area (Å²) in [7, 11) is 3.35. The van der Waals surface area contributed by atoms with Crippen LogP contribution in [-0.4, -0.2) is 14.2 Å². The highest BCUT2D eigenvalue weighted by Gasteiger charge is 2.14. The SMILES string of the molecule is CNC(Cc1ccc(Br)s1)c1ccc(OC)c(F)c1. The number of hydrogen-bond acceptors (Lipinski definition) is 3. The minimum atomic E-state index is -0.326. The van der Waals surface area contributed by atoms with E-state index in [2.05, 4.69) is 27.3 Å². The average molecular weight is 344 g/mol. The van der Waals surface area contributed by atoms with E-state index in [0.29, 0.717) is 0 Å². The van der Waals surface area contributed by atoms with Crippen molar-refractivity contribution in [3.8, 4) is 5.75 Å². The van der Waals surface area contributed by atoms with Gasteiger partial charge < -0.3 is 10.1 Å². The van der Waals surface area contributed by atoms with E-state index in [4.69, 9.17) is 4.74 Å². The highest BCUT2D eigenvalue weighted by Crippen LogP contribution is 2.28. The Morgan fingerprint density at radius 2 is 2.16 bits per heavy atom. The van der Waals surface area contributed by atoms with Crippen LogP contribution in [0.1, 0.15) is 16.5 Å². The highest BCUT2D eigenvalue weighted by atomic mass is 79.9. The van der Waals surface area contributed by atoms with Gasteiger partial charge in [0.25, 0.3) is 0 Å². The molecule has 0 radical (unpaired) electrons. The van der Waals surface area contributed by atoms with Crippen LogP contribution in [0, 0.1) is 5.82 Å². The average Bonchev–Trinajstić information content (AvgIpc) is 2.81. The van der Waals surface area contributed by atoms with Crippen LogP contribution in [0.25, 0.3) is 0 Å². The Balaban J connectivity index is 2.19. The van der Waals surface area contributed by atoms with E-state index in [0.717, 1.165) is 15.8 Å². The molecule has 2 rings (SSSR count). The third kappa shape index (κ3) is 3.55. The van der Waals surface area contributed by atoms with Gasteiger partial charge in [0.05, 0.1) is 10.9 Å². The lowest BCUT2D eigenvalue weighted by Gasteiger charge is -2.16. The molecule has 19 heavy (non-hydrogen) atoms. The summed E-state index contributed by atoms with van der Waals surface area (Å²) in [6.45, 7) is 0. The van der Waals surface area contributed by atoms with Crippen LogP contribution in [0.3, 0.4) is 0 Å². The first kappa shape index (κ1) is 14.5. The van der Waals surface area contributed by atoms with Crippen molar-refractivity contribution in [3.63, 3.8) is 0 Å². The number of nitrogens with one attached hydrogen (secondary N) is 1. The van der Waals surface area contributed by atoms with Gasteiger partial charge in [0.15, 0.2) is 11.6 Å². The van der Waals surface area contributed by atoms with Crippen LogP contribution in [0.4, 0.5) is 4.39 Å². The summed E-state index contributed by atoms with van der Waals surface area (Å²) >= 11 is 5.15. The zero-order valence-electron chi connectivity index (χ0n) is 10.7. The maximum absolute atomic E-state index is 13.7. The lowest BCUT2D eigenvalue weighted by Crippen LogP contribution is -2.18. The molecule has 2 nitrogen and oxygen atoms in total. The number of thiophene rings is 1. The van der Waals surface area contributed by atoms with Crippen LogP contribution in [-0.2, 0) is 6.42 Å². The van der Waals surface area contributed by atoms with Gasteiger partial charge in [-0.15, -0.1) is 11.3 Å². The summed E-state index contributed by atoms with van der Waals surface area (Å²) in [6.07, 6.45) is 0.832. The summed E-state index contributed by atoms with van der Waals surface area (Å²) in [5, 5.41) is 3.22. The zero-order chi connectivity index (χ0) is 13.8. The van der Waals surface area contributed by atoms with E-state index in [1.54, 1.807) is 17.4 Å². The summed E-state index contributed by atoms with van der Waals surface area (Å²) in [5.74, 6) is -0.0509. The molecular formula is C14H15BrFNOS. The molecule has 0 aliphatic carbocycles. The van der Waals surface area contributed by atoms with Gasteiger partial charge in [-0.1, -0.05) is 6.07 Å². The van der Waals surface area contributed by atoms with E-state index in [9.17, 15) is 4.39 Å². The molecule has 1 N–H and O–H groups in total. The van der Waals surface area contributed by atoms with Crippen LogP contribution in [0.2, 0.25) is 0 Å². The molecule has 0 aliphatic heterocycles. The van der Waals surface area contributed by atoms with Crippen LogP contribution >= 0.6 is 27.3 Å². The summed E-state index contributed by atoms with van der Waals surface area (Å²) in [5.41, 5.74) is 0.922. The number of hydrogen-bond donors (Lipinski definition) is 1. The van der Waals surface area contributed by atoms with E-state index in [-0.39, 0.29) is 17.6 Å². The quantitative estimate of drug-likeness (QED) is 0.879. The van der Waals surface area contributed by atoms with Crippen LogP contribution in [0.15, 0.2) is 34.1 Å². The molecule has 1 unspecified atom stereocenters. The molecule has 1 heterocycles. The molecule has 2 aromatic rings. The molecule has 1 aromatic heterocycles. The maximum Gasteiger partial charge on any atom is 0.165 e. The minimum Gasteiger partial charge on any atom is -0.494 e. The Hall–Kier alpha value is -0.910. The third-order valence-corrected chi connectivity index (χ3v) is 4.61. The van der Waals surface area contributed by atoms with Gasteiger partial charge in [0.2, 0.25) is 0 Å². The monoisotopic (exact) mass is 343 g/mol. The second-order valence-corrected chi connectivity index (χ2v) is 6.69. The van der Waals surface area contributed by atoms with Gasteiger partial charge in [-0.2, -0.15) is 0 Å². The summed E-state index contributed by atoms with van der Waals surface area (Å²) in [6, 6.07) is 9.29. The van der Waals surface area contributed by atoms with Gasteiger partial charge in [0.1, 0.15) is 0 Å². The smallest absolute Gasteiger partial charge is 0.165 e. The molecule has 0 spiro atoms. The molecule has 102 valence electrons. The van der Waals surface area contributed by atoms with Crippen molar-refractivity contribution in [2.45, 2.75) is 12.5 Å². The minimum absolute atomic E-state index is 0.0888. The molecular weight excluding hydrogens is 329 g/mol. The first-order valence-corrected chi connectivity index (χ1v) is 7.50. The van der Waals surface area contributed by atoms with Crippen molar-refractivity contribution in [1.29, 1.82) is 0 Å². The Morgan fingerprint density at radius 1 is 1.37 bits per heavy atom. The fourth-order valence-corrected chi connectivity index (χ4v) is 3.48. The predicted octanol–water partition coefficient (Wildman–Crippen LogP) is 4.16. The molecule has 0 fully saturated rings. The van der Waals surface area contributed by atoms with Crippen molar-refractivity contribution < 1.29 is 9.13 Å². The fraction of sp³-hybridized carbons (Fsp3) is 0.286. The van der Waals surface area contributed by atoms with Crippen LogP contribution in [0.5, 0.6) is 5.75 Å². The first-order valence-electron chi connectivity index (χ1n) is 5.89. The van der Waals surface area contributed by atoms with E-state index in [1.807, 2.05) is 19.2 Å². The molecule has 0 aliphatic rings. The standard InChI is InChI=1S/C14H15BrFNOS/c1-17-12(8-10-4-6-14(15)19-10)9-3-5-13(18-2)11(16)7-9/h3-7,12,17H,8H2,1-2H3. The lowest BCUT2D eigenvalue weighted by molar-refractivity contribution is 0.385. The van der Waals surface area contributed by atoms with E-state index >= 15 is 0 Å². The zero-order valence-corrected chi connectivity index (χ0v) is 13.1. The van der Waals surface area contributed by atoms with Crippen molar-refractivity contribution in [2.75, 3.05) is 14.2 Å². The number of benzene rings is 1. The summed E-state index contributed by atoms with van der Waals surface area (Å²) < 4.78 is 19.8. The normalized spacial score (nSPS) is 12.4. The second-order valence-electron chi connectivity index (χ2n) is 4.15. The van der Waals surface area contributed by atoms with Gasteiger partial charge in [-0.25, -0.2) is 4.39 Å². The Kier molecular flexibility index (Phi) is 4.96. The second kappa shape index (κ2) is 6.50. The number of rotatable bonds is 5. The van der Waals surface area contributed by atoms with Crippen molar-refractivity contribution in [2.24, 2.45) is 0 Å². The van der Waals surface area contributed by atoms with Crippen molar-refractivity contribution >= 4 is 27.3 Å². The van der Waals surface area contributed by atoms with Gasteiger partial charge in [0, 0.05) is 17.3 Å². The maximum atomic E-state index is 13.7.